The summed E-state index contributed by atoms with van der Waals surface area (Å²) >= 11 is 0.529. The van der Waals surface area contributed by atoms with E-state index in [1.165, 1.54) is 6.08 Å². The molecule has 6 heavy (non-hydrogen) atoms. The van der Waals surface area contributed by atoms with Crippen molar-refractivity contribution in [1.29, 1.82) is 0 Å². The SMILES string of the molecule is O=C=NSC=O. The molecule has 0 rings (SSSR count). The summed E-state index contributed by atoms with van der Waals surface area (Å²) in [6, 6.07) is 0. The first kappa shape index (κ1) is 5.40. The number of carbonyl (C=O) groups excluding carboxylic acids is 2. The van der Waals surface area contributed by atoms with E-state index in [-0.39, 0.29) is 0 Å². The van der Waals surface area contributed by atoms with Gasteiger partial charge in [-0.05, 0) is 0 Å². The molecular weight excluding hydrogens is 102 g/mol. The van der Waals surface area contributed by atoms with Gasteiger partial charge in [-0.15, -0.1) is 4.40 Å². The highest BCUT2D eigenvalue weighted by Gasteiger charge is 1.65. The average molecular weight is 103 g/mol. The molecule has 0 aliphatic heterocycles. The first-order chi connectivity index (χ1) is 2.91. The van der Waals surface area contributed by atoms with E-state index >= 15 is 0 Å². The summed E-state index contributed by atoms with van der Waals surface area (Å²) in [6.45, 7) is 0. The molecule has 0 bridgehead atoms. The maximum Gasteiger partial charge on any atom is 0.247 e. The van der Waals surface area contributed by atoms with Crippen LogP contribution < -0.4 is 0 Å². The van der Waals surface area contributed by atoms with Gasteiger partial charge in [-0.25, -0.2) is 4.79 Å². The Balaban J connectivity index is 3.07. The molecule has 0 spiro atoms. The molecule has 0 aromatic carbocycles. The molecule has 0 aromatic heterocycles. The molecule has 0 fully saturated rings. The minimum atomic E-state index is 0.449. The maximum absolute atomic E-state index is 9.25. The lowest BCUT2D eigenvalue weighted by molar-refractivity contribution is 0.565. The van der Waals surface area contributed by atoms with Crippen molar-refractivity contribution >= 4 is 23.6 Å². The molecule has 0 aromatic rings. The van der Waals surface area contributed by atoms with Gasteiger partial charge in [0.05, 0.1) is 11.9 Å². The number of nitrogens with zero attached hydrogens (tertiary/aromatic N) is 1. The van der Waals surface area contributed by atoms with Crippen LogP contribution in [0.15, 0.2) is 4.40 Å². The highest BCUT2D eigenvalue weighted by Crippen LogP contribution is 1.88. The zero-order chi connectivity index (χ0) is 4.83. The topological polar surface area (TPSA) is 46.5 Å². The molecule has 0 saturated carbocycles. The van der Waals surface area contributed by atoms with Gasteiger partial charge in [-0.1, -0.05) is 0 Å². The first-order valence-electron chi connectivity index (χ1n) is 1.08. The fourth-order valence-electron chi connectivity index (χ4n) is 0.0430. The van der Waals surface area contributed by atoms with Crippen LogP contribution in [0.5, 0.6) is 0 Å². The van der Waals surface area contributed by atoms with Crippen LogP contribution in [0.1, 0.15) is 0 Å². The largest absolute Gasteiger partial charge is 0.289 e. The molecule has 0 N–H and O–H groups in total. The van der Waals surface area contributed by atoms with E-state index in [0.717, 1.165) is 0 Å². The second-order valence-corrected chi connectivity index (χ2v) is 0.970. The van der Waals surface area contributed by atoms with Crippen molar-refractivity contribution in [2.75, 3.05) is 0 Å². The van der Waals surface area contributed by atoms with Crippen LogP contribution in [0.4, 0.5) is 0 Å². The molecule has 0 heterocycles. The van der Waals surface area contributed by atoms with Crippen molar-refractivity contribution in [3.8, 4) is 0 Å². The van der Waals surface area contributed by atoms with Gasteiger partial charge in [0.15, 0.2) is 5.62 Å². The summed E-state index contributed by atoms with van der Waals surface area (Å²) in [6.07, 6.45) is 1.18. The smallest absolute Gasteiger partial charge is 0.247 e. The zero-order valence-corrected chi connectivity index (χ0v) is 3.57. The fourth-order valence-corrected chi connectivity index (χ4v) is 0.129. The summed E-state index contributed by atoms with van der Waals surface area (Å²) in [5.41, 5.74) is 0.449. The highest BCUT2D eigenvalue weighted by atomic mass is 32.2. The second kappa shape index (κ2) is 4.40. The van der Waals surface area contributed by atoms with Gasteiger partial charge in [-0.2, -0.15) is 0 Å². The molecule has 0 atom stereocenters. The Hall–Kier alpha value is -0.600. The number of hydrogen-bond acceptors (Lipinski definition) is 4. The van der Waals surface area contributed by atoms with Crippen molar-refractivity contribution in [2.45, 2.75) is 0 Å². The van der Waals surface area contributed by atoms with E-state index in [1.807, 2.05) is 0 Å². The summed E-state index contributed by atoms with van der Waals surface area (Å²) in [5.74, 6) is 0. The predicted octanol–water partition coefficient (Wildman–Crippen LogP) is 0.161. The molecule has 0 unspecified atom stereocenters. The third-order valence-electron chi connectivity index (χ3n) is 0.133. The molecule has 32 valence electrons. The van der Waals surface area contributed by atoms with E-state index in [0.29, 0.717) is 17.6 Å². The zero-order valence-electron chi connectivity index (χ0n) is 2.75. The number of isocyanates is 1. The van der Waals surface area contributed by atoms with Crippen LogP contribution in [0.25, 0.3) is 0 Å². The van der Waals surface area contributed by atoms with Gasteiger partial charge in [0.25, 0.3) is 0 Å². The van der Waals surface area contributed by atoms with Gasteiger partial charge in [-0.3, -0.25) is 4.79 Å². The van der Waals surface area contributed by atoms with Crippen molar-refractivity contribution in [1.82, 2.24) is 0 Å². The van der Waals surface area contributed by atoms with Crippen LogP contribution in [0.3, 0.4) is 0 Å². The summed E-state index contributed by atoms with van der Waals surface area (Å²) in [4.78, 5) is 18.3. The quantitative estimate of drug-likeness (QED) is 0.216. The van der Waals surface area contributed by atoms with E-state index in [2.05, 4.69) is 4.40 Å². The molecule has 0 radical (unpaired) electrons. The normalized spacial score (nSPS) is 6.00. The van der Waals surface area contributed by atoms with Gasteiger partial charge in [0.2, 0.25) is 6.08 Å². The standard InChI is InChI=1S/C2HNO2S/c4-1-3-6-2-5/h2H. The molecule has 0 amide bonds. The first-order valence-corrected chi connectivity index (χ1v) is 1.92. The third-order valence-corrected chi connectivity index (χ3v) is 0.399. The van der Waals surface area contributed by atoms with Crippen LogP contribution >= 0.6 is 11.9 Å². The third kappa shape index (κ3) is 3.40. The molecule has 4 heteroatoms. The van der Waals surface area contributed by atoms with Crippen LogP contribution in [-0.4, -0.2) is 11.7 Å². The van der Waals surface area contributed by atoms with E-state index < -0.39 is 0 Å². The predicted molar refractivity (Wildman–Crippen MR) is 22.5 cm³/mol. The van der Waals surface area contributed by atoms with Gasteiger partial charge in [0, 0.05) is 0 Å². The monoisotopic (exact) mass is 103 g/mol. The Kier molecular flexibility index (Phi) is 3.96. The van der Waals surface area contributed by atoms with Crippen molar-refractivity contribution in [3.63, 3.8) is 0 Å². The number of hydrogen-bond donors (Lipinski definition) is 0. The summed E-state index contributed by atoms with van der Waals surface area (Å²) in [7, 11) is 0. The number of rotatable bonds is 2. The Morgan fingerprint density at radius 2 is 2.50 bits per heavy atom. The molecule has 0 saturated heterocycles. The van der Waals surface area contributed by atoms with Gasteiger partial charge in [0.1, 0.15) is 0 Å². The molecular formula is C2HNO2S. The minimum Gasteiger partial charge on any atom is -0.289 e. The molecule has 0 aliphatic rings. The van der Waals surface area contributed by atoms with Crippen LogP contribution in [-0.2, 0) is 9.59 Å². The Bertz CT molecular complexity index is 85.5. The van der Waals surface area contributed by atoms with Gasteiger partial charge >= 0.3 is 0 Å². The van der Waals surface area contributed by atoms with Crippen molar-refractivity contribution in [2.24, 2.45) is 4.40 Å². The van der Waals surface area contributed by atoms with Crippen LogP contribution in [0.2, 0.25) is 0 Å². The Morgan fingerprint density at radius 1 is 1.83 bits per heavy atom. The maximum atomic E-state index is 9.25. The lowest BCUT2D eigenvalue weighted by Gasteiger charge is -1.57. The van der Waals surface area contributed by atoms with Crippen LogP contribution in [0, 0.1) is 0 Å². The highest BCUT2D eigenvalue weighted by molar-refractivity contribution is 8.10. The Labute approximate surface area is 38.6 Å². The van der Waals surface area contributed by atoms with E-state index in [4.69, 9.17) is 4.79 Å². The molecule has 0 aliphatic carbocycles. The van der Waals surface area contributed by atoms with Crippen molar-refractivity contribution < 1.29 is 9.59 Å². The van der Waals surface area contributed by atoms with Gasteiger partial charge < -0.3 is 0 Å². The average Bonchev–Trinajstić information content (AvgIpc) is 1.61. The summed E-state index contributed by atoms with van der Waals surface area (Å²) in [5, 5.41) is 0. The minimum absolute atomic E-state index is 0.449. The lowest BCUT2D eigenvalue weighted by atomic mass is 11.7. The van der Waals surface area contributed by atoms with Crippen molar-refractivity contribution in [3.05, 3.63) is 0 Å². The number of carbonyl (C=O) groups is 1. The second-order valence-electron chi connectivity index (χ2n) is 0.384. The molecule has 3 nitrogen and oxygen atoms in total. The Morgan fingerprint density at radius 3 is 2.67 bits per heavy atom. The fraction of sp³-hybridized carbons (Fsp3) is 0. The summed E-state index contributed by atoms with van der Waals surface area (Å²) < 4.78 is 2.83. The van der Waals surface area contributed by atoms with E-state index in [9.17, 15) is 4.79 Å². The van der Waals surface area contributed by atoms with E-state index in [1.54, 1.807) is 0 Å². The lowest BCUT2D eigenvalue weighted by Crippen LogP contribution is -1.48.